The van der Waals surface area contributed by atoms with Gasteiger partial charge in [0.2, 0.25) is 0 Å². The smallest absolute Gasteiger partial charge is 0.258 e. The lowest BCUT2D eigenvalue weighted by Crippen LogP contribution is -1.94. The molecule has 0 fully saturated rings. The van der Waals surface area contributed by atoms with E-state index in [1.165, 1.54) is 0 Å². The van der Waals surface area contributed by atoms with Crippen molar-refractivity contribution in [3.8, 4) is 0 Å². The number of hydrogen-bond acceptors (Lipinski definition) is 3. The van der Waals surface area contributed by atoms with Crippen molar-refractivity contribution < 1.29 is 9.31 Å². The highest BCUT2D eigenvalue weighted by molar-refractivity contribution is 14.1. The molecule has 0 aliphatic carbocycles. The van der Waals surface area contributed by atoms with Crippen molar-refractivity contribution in [1.82, 2.24) is 4.98 Å². The van der Waals surface area contributed by atoms with Crippen LogP contribution >= 0.6 is 22.6 Å². The standard InChI is InChI=1S/C5H2FIN2O2/c6-3-1-4(9(10)11)5(7)8-2-3/h1-2H. The highest BCUT2D eigenvalue weighted by Crippen LogP contribution is 2.18. The molecule has 0 unspecified atom stereocenters. The maximum absolute atomic E-state index is 12.3. The molecule has 4 nitrogen and oxygen atoms in total. The molecule has 1 rings (SSSR count). The van der Waals surface area contributed by atoms with E-state index in [1.807, 2.05) is 0 Å². The molecule has 1 aromatic rings. The number of halogens is 2. The van der Waals surface area contributed by atoms with E-state index in [0.717, 1.165) is 12.3 Å². The fraction of sp³-hybridized carbons (Fsp3) is 0. The van der Waals surface area contributed by atoms with E-state index in [4.69, 9.17) is 0 Å². The largest absolute Gasteiger partial charge is 0.303 e. The Morgan fingerprint density at radius 3 is 2.82 bits per heavy atom. The molecule has 0 amide bonds. The van der Waals surface area contributed by atoms with E-state index in [-0.39, 0.29) is 9.39 Å². The number of pyridine rings is 1. The van der Waals surface area contributed by atoms with Crippen LogP contribution < -0.4 is 0 Å². The van der Waals surface area contributed by atoms with Crippen LogP contribution in [0.5, 0.6) is 0 Å². The Morgan fingerprint density at radius 2 is 2.36 bits per heavy atom. The summed E-state index contributed by atoms with van der Waals surface area (Å²) < 4.78 is 12.5. The van der Waals surface area contributed by atoms with Gasteiger partial charge in [-0.1, -0.05) is 0 Å². The summed E-state index contributed by atoms with van der Waals surface area (Å²) >= 11 is 1.67. The summed E-state index contributed by atoms with van der Waals surface area (Å²) in [4.78, 5) is 13.0. The van der Waals surface area contributed by atoms with Crippen molar-refractivity contribution in [2.75, 3.05) is 0 Å². The summed E-state index contributed by atoms with van der Waals surface area (Å²) in [6.07, 6.45) is 0.939. The Kier molecular flexibility index (Phi) is 2.32. The van der Waals surface area contributed by atoms with Crippen LogP contribution in [0.15, 0.2) is 12.3 Å². The molecular weight excluding hydrogens is 266 g/mol. The Hall–Kier alpha value is -0.790. The minimum atomic E-state index is -0.697. The van der Waals surface area contributed by atoms with Crippen LogP contribution in [0.3, 0.4) is 0 Å². The van der Waals surface area contributed by atoms with E-state index in [0.29, 0.717) is 0 Å². The lowest BCUT2D eigenvalue weighted by Gasteiger charge is -1.92. The molecule has 11 heavy (non-hydrogen) atoms. The van der Waals surface area contributed by atoms with Crippen LogP contribution in [0.4, 0.5) is 10.1 Å². The zero-order valence-corrected chi connectivity index (χ0v) is 7.28. The molecule has 6 heteroatoms. The maximum Gasteiger partial charge on any atom is 0.303 e. The predicted octanol–water partition coefficient (Wildman–Crippen LogP) is 1.73. The number of aromatic nitrogens is 1. The van der Waals surface area contributed by atoms with E-state index >= 15 is 0 Å². The average molecular weight is 268 g/mol. The predicted molar refractivity (Wildman–Crippen MR) is 43.6 cm³/mol. The fourth-order valence-electron chi connectivity index (χ4n) is 0.540. The van der Waals surface area contributed by atoms with Crippen LogP contribution in [0.25, 0.3) is 0 Å². The van der Waals surface area contributed by atoms with E-state index < -0.39 is 10.7 Å². The quantitative estimate of drug-likeness (QED) is 0.337. The Labute approximate surface area is 74.7 Å². The Balaban J connectivity index is 3.23. The van der Waals surface area contributed by atoms with Gasteiger partial charge in [0, 0.05) is 0 Å². The SMILES string of the molecule is O=[N+]([O-])c1cc(F)cnc1I. The summed E-state index contributed by atoms with van der Waals surface area (Å²) in [5.74, 6) is -0.697. The number of nitrogens with zero attached hydrogens (tertiary/aromatic N) is 2. The first kappa shape index (κ1) is 8.31. The molecule has 1 heterocycles. The number of hydrogen-bond donors (Lipinski definition) is 0. The second kappa shape index (κ2) is 3.07. The molecule has 0 N–H and O–H groups in total. The molecule has 0 spiro atoms. The fourth-order valence-corrected chi connectivity index (χ4v) is 1.03. The molecule has 1 aromatic heterocycles. The van der Waals surface area contributed by atoms with Gasteiger partial charge in [-0.2, -0.15) is 0 Å². The number of nitro groups is 1. The molecule has 0 atom stereocenters. The van der Waals surface area contributed by atoms with Crippen LogP contribution in [-0.2, 0) is 0 Å². The van der Waals surface area contributed by atoms with Crippen LogP contribution in [-0.4, -0.2) is 9.91 Å². The van der Waals surface area contributed by atoms with Crippen molar-refractivity contribution in [3.05, 3.63) is 31.9 Å². The van der Waals surface area contributed by atoms with Gasteiger partial charge in [-0.25, -0.2) is 9.37 Å². The van der Waals surface area contributed by atoms with Gasteiger partial charge in [0.25, 0.3) is 0 Å². The third kappa shape index (κ3) is 1.82. The second-order valence-electron chi connectivity index (χ2n) is 1.72. The average Bonchev–Trinajstić information content (AvgIpc) is 1.94. The summed E-state index contributed by atoms with van der Waals surface area (Å²) in [5.41, 5.74) is -0.300. The van der Waals surface area contributed by atoms with Gasteiger partial charge in [-0.15, -0.1) is 0 Å². The number of rotatable bonds is 1. The first-order valence-electron chi connectivity index (χ1n) is 2.56. The monoisotopic (exact) mass is 268 g/mol. The zero-order valence-electron chi connectivity index (χ0n) is 5.12. The third-order valence-electron chi connectivity index (χ3n) is 0.984. The lowest BCUT2D eigenvalue weighted by atomic mass is 10.4. The molecule has 0 aliphatic heterocycles. The summed E-state index contributed by atoms with van der Waals surface area (Å²) in [5, 5.41) is 10.2. The Bertz CT molecular complexity index is 305. The zero-order chi connectivity index (χ0) is 8.43. The minimum Gasteiger partial charge on any atom is -0.258 e. The molecule has 58 valence electrons. The van der Waals surface area contributed by atoms with Gasteiger partial charge in [-0.3, -0.25) is 10.1 Å². The minimum absolute atomic E-state index is 0.189. The first-order chi connectivity index (χ1) is 5.11. The molecule has 0 aliphatic rings. The van der Waals surface area contributed by atoms with Crippen LogP contribution in [0.1, 0.15) is 0 Å². The molecular formula is C5H2FIN2O2. The Morgan fingerprint density at radius 1 is 1.73 bits per heavy atom. The molecule has 0 aromatic carbocycles. The van der Waals surface area contributed by atoms with Gasteiger partial charge in [0.05, 0.1) is 17.2 Å². The van der Waals surface area contributed by atoms with Crippen molar-refractivity contribution in [3.63, 3.8) is 0 Å². The summed E-state index contributed by atoms with van der Waals surface area (Å²) in [6.45, 7) is 0. The third-order valence-corrected chi connectivity index (χ3v) is 1.82. The molecule has 0 saturated carbocycles. The van der Waals surface area contributed by atoms with E-state index in [9.17, 15) is 14.5 Å². The summed E-state index contributed by atoms with van der Waals surface area (Å²) in [7, 11) is 0. The van der Waals surface area contributed by atoms with Crippen LogP contribution in [0.2, 0.25) is 0 Å². The van der Waals surface area contributed by atoms with Gasteiger partial charge in [0.15, 0.2) is 3.70 Å². The van der Waals surface area contributed by atoms with E-state index in [1.54, 1.807) is 22.6 Å². The first-order valence-corrected chi connectivity index (χ1v) is 3.64. The topological polar surface area (TPSA) is 56.0 Å². The second-order valence-corrected chi connectivity index (χ2v) is 2.74. The van der Waals surface area contributed by atoms with Gasteiger partial charge >= 0.3 is 5.69 Å². The summed E-state index contributed by atoms with van der Waals surface area (Å²) in [6, 6.07) is 0.842. The van der Waals surface area contributed by atoms with Crippen molar-refractivity contribution in [2.45, 2.75) is 0 Å². The van der Waals surface area contributed by atoms with E-state index in [2.05, 4.69) is 4.98 Å². The van der Waals surface area contributed by atoms with Crippen LogP contribution in [0, 0.1) is 19.6 Å². The maximum atomic E-state index is 12.3. The molecule has 0 bridgehead atoms. The van der Waals surface area contributed by atoms with Gasteiger partial charge < -0.3 is 0 Å². The molecule has 0 saturated heterocycles. The van der Waals surface area contributed by atoms with Gasteiger partial charge in [0.1, 0.15) is 5.82 Å². The molecule has 0 radical (unpaired) electrons. The van der Waals surface area contributed by atoms with Crippen molar-refractivity contribution >= 4 is 28.3 Å². The van der Waals surface area contributed by atoms with Crippen molar-refractivity contribution in [2.24, 2.45) is 0 Å². The highest BCUT2D eigenvalue weighted by atomic mass is 127. The lowest BCUT2D eigenvalue weighted by molar-refractivity contribution is -0.386. The highest BCUT2D eigenvalue weighted by Gasteiger charge is 2.13. The van der Waals surface area contributed by atoms with Crippen molar-refractivity contribution in [1.29, 1.82) is 0 Å². The van der Waals surface area contributed by atoms with Gasteiger partial charge in [-0.05, 0) is 22.6 Å². The normalized spacial score (nSPS) is 9.64.